The smallest absolute Gasteiger partial charge is 0.315 e. The van der Waals surface area contributed by atoms with Gasteiger partial charge in [0.15, 0.2) is 0 Å². The zero-order chi connectivity index (χ0) is 11.5. The van der Waals surface area contributed by atoms with E-state index in [9.17, 15) is 0 Å². The van der Waals surface area contributed by atoms with Crippen LogP contribution in [-0.4, -0.2) is 12.8 Å². The molecule has 3 nitrogen and oxygen atoms in total. The number of rotatable bonds is 2. The van der Waals surface area contributed by atoms with Crippen molar-refractivity contribution in [2.24, 2.45) is 4.90 Å². The monoisotopic (exact) mass is 221 g/mol. The molecule has 82 valence electrons. The van der Waals surface area contributed by atoms with Crippen LogP contribution in [0.3, 0.4) is 0 Å². The van der Waals surface area contributed by atoms with Gasteiger partial charge in [-0.25, -0.2) is 5.34 Å². The maximum Gasteiger partial charge on any atom is 0.415 e. The molecule has 17 heavy (non-hydrogen) atoms. The molecule has 2 N–H and O–H groups in total. The highest BCUT2D eigenvalue weighted by atomic mass is 15.4. The third-order valence-electron chi connectivity index (χ3n) is 2.75. The fourth-order valence-electron chi connectivity index (χ4n) is 1.87. The van der Waals surface area contributed by atoms with Crippen LogP contribution < -0.4 is 16.2 Å². The van der Waals surface area contributed by atoms with E-state index in [0.717, 1.165) is 16.9 Å². The first kappa shape index (κ1) is 10.1. The molecule has 3 rings (SSSR count). The number of hydrogen-bond acceptors (Lipinski definition) is 3. The van der Waals surface area contributed by atoms with E-state index in [2.05, 4.69) is 27.8 Å². The quantitative estimate of drug-likeness (QED) is 0.740. The first-order valence-corrected chi connectivity index (χ1v) is 5.63. The van der Waals surface area contributed by atoms with Gasteiger partial charge in [-0.05, 0) is 5.46 Å². The maximum absolute atomic E-state index is 4.62. The molecule has 0 unspecified atom stereocenters. The summed E-state index contributed by atoms with van der Waals surface area (Å²) in [6.45, 7) is -0.00796. The topological polar surface area (TPSA) is 36.4 Å². The zero-order valence-electron chi connectivity index (χ0n) is 9.30. The number of nitrogens with one attached hydrogen (secondary N) is 2. The van der Waals surface area contributed by atoms with Gasteiger partial charge in [0, 0.05) is 5.56 Å². The molecule has 2 aromatic rings. The highest BCUT2D eigenvalue weighted by molar-refractivity contribution is 6.71. The maximum atomic E-state index is 4.62. The van der Waals surface area contributed by atoms with Crippen molar-refractivity contribution in [1.29, 1.82) is 0 Å². The minimum Gasteiger partial charge on any atom is -0.315 e. The Hall–Kier alpha value is -2.07. The number of hydrazine groups is 1. The Balaban J connectivity index is 1.87. The van der Waals surface area contributed by atoms with E-state index in [1.165, 1.54) is 0 Å². The van der Waals surface area contributed by atoms with Gasteiger partial charge in [0.2, 0.25) is 0 Å². The van der Waals surface area contributed by atoms with Gasteiger partial charge in [0.05, 0.1) is 0 Å². The molecule has 0 spiro atoms. The fourth-order valence-corrected chi connectivity index (χ4v) is 1.87. The van der Waals surface area contributed by atoms with Crippen LogP contribution in [0.5, 0.6) is 0 Å². The Labute approximate surface area is 101 Å². The molecule has 0 bridgehead atoms. The van der Waals surface area contributed by atoms with Gasteiger partial charge in [-0.1, -0.05) is 60.7 Å². The Morgan fingerprint density at radius 1 is 0.824 bits per heavy atom. The van der Waals surface area contributed by atoms with Gasteiger partial charge in [0.1, 0.15) is 5.84 Å². The van der Waals surface area contributed by atoms with Crippen LogP contribution in [0.15, 0.2) is 65.6 Å². The van der Waals surface area contributed by atoms with E-state index in [4.69, 9.17) is 0 Å². The molecule has 0 atom stereocenters. The Morgan fingerprint density at radius 2 is 1.47 bits per heavy atom. The second-order valence-corrected chi connectivity index (χ2v) is 3.93. The van der Waals surface area contributed by atoms with Gasteiger partial charge in [0.25, 0.3) is 0 Å². The van der Waals surface area contributed by atoms with Crippen LogP contribution in [0.25, 0.3) is 0 Å². The van der Waals surface area contributed by atoms with E-state index < -0.39 is 0 Å². The fraction of sp³-hybridized carbons (Fsp3) is 0. The summed E-state index contributed by atoms with van der Waals surface area (Å²) < 4.78 is 0. The molecule has 0 aliphatic carbocycles. The summed E-state index contributed by atoms with van der Waals surface area (Å²) in [4.78, 5) is 4.62. The Kier molecular flexibility index (Phi) is 2.64. The summed E-state index contributed by atoms with van der Waals surface area (Å²) in [5.74, 6) is 0.888. The second kappa shape index (κ2) is 4.43. The molecule has 1 aliphatic heterocycles. The van der Waals surface area contributed by atoms with E-state index in [0.29, 0.717) is 0 Å². The van der Waals surface area contributed by atoms with Gasteiger partial charge in [-0.2, -0.15) is 0 Å². The molecule has 0 saturated carbocycles. The van der Waals surface area contributed by atoms with E-state index in [-0.39, 0.29) is 6.98 Å². The van der Waals surface area contributed by atoms with Gasteiger partial charge < -0.3 is 5.43 Å². The molecule has 1 heterocycles. The molecule has 0 radical (unpaired) electrons. The van der Waals surface area contributed by atoms with E-state index in [1.54, 1.807) is 0 Å². The van der Waals surface area contributed by atoms with Crippen molar-refractivity contribution >= 4 is 18.3 Å². The summed E-state index contributed by atoms with van der Waals surface area (Å²) in [6.07, 6.45) is 0. The lowest BCUT2D eigenvalue weighted by Gasteiger charge is -2.02. The molecule has 1 aliphatic rings. The summed E-state index contributed by atoms with van der Waals surface area (Å²) in [7, 11) is 0. The normalized spacial score (nSPS) is 14.4. The standard InChI is InChI=1S/C13H12BN3/c1-3-7-11(8-4-1)13-15-14(17-16-13)12-9-5-2-6-10-12/h1-10,17H,(H,15,16). The van der Waals surface area contributed by atoms with Crippen LogP contribution in [0, 0.1) is 0 Å². The number of amidine groups is 1. The summed E-state index contributed by atoms with van der Waals surface area (Å²) in [5.41, 5.74) is 5.38. The van der Waals surface area contributed by atoms with Crippen molar-refractivity contribution in [1.82, 2.24) is 10.8 Å². The van der Waals surface area contributed by atoms with Crippen LogP contribution in [-0.2, 0) is 0 Å². The molecule has 2 aromatic carbocycles. The van der Waals surface area contributed by atoms with E-state index >= 15 is 0 Å². The Morgan fingerprint density at radius 3 is 2.18 bits per heavy atom. The minimum atomic E-state index is -0.00796. The SMILES string of the molecule is c1ccc(B2N=C(c3ccccc3)NN2)cc1. The molecule has 0 amide bonds. The van der Waals surface area contributed by atoms with Gasteiger partial charge >= 0.3 is 6.98 Å². The van der Waals surface area contributed by atoms with Crippen molar-refractivity contribution in [3.8, 4) is 0 Å². The van der Waals surface area contributed by atoms with Gasteiger partial charge in [-0.15, -0.1) is 0 Å². The average molecular weight is 221 g/mol. The van der Waals surface area contributed by atoms with Crippen LogP contribution in [0.1, 0.15) is 5.56 Å². The predicted molar refractivity (Wildman–Crippen MR) is 71.1 cm³/mol. The third-order valence-corrected chi connectivity index (χ3v) is 2.75. The van der Waals surface area contributed by atoms with E-state index in [1.807, 2.05) is 48.5 Å². The molecule has 0 fully saturated rings. The van der Waals surface area contributed by atoms with Crippen LogP contribution >= 0.6 is 0 Å². The minimum absolute atomic E-state index is 0.00796. The van der Waals surface area contributed by atoms with Crippen molar-refractivity contribution in [3.63, 3.8) is 0 Å². The lowest BCUT2D eigenvalue weighted by molar-refractivity contribution is 0.920. The zero-order valence-corrected chi connectivity index (χ0v) is 9.30. The van der Waals surface area contributed by atoms with Crippen molar-refractivity contribution in [3.05, 3.63) is 66.2 Å². The first-order chi connectivity index (χ1) is 8.43. The molecular weight excluding hydrogens is 209 g/mol. The number of hydrogen-bond donors (Lipinski definition) is 2. The summed E-state index contributed by atoms with van der Waals surface area (Å²) in [6, 6.07) is 20.3. The van der Waals surface area contributed by atoms with Crippen LogP contribution in [0.2, 0.25) is 0 Å². The summed E-state index contributed by atoms with van der Waals surface area (Å²) >= 11 is 0. The third kappa shape index (κ3) is 2.07. The number of benzene rings is 2. The molecule has 4 heteroatoms. The van der Waals surface area contributed by atoms with Crippen molar-refractivity contribution < 1.29 is 0 Å². The molecular formula is C13H12BN3. The van der Waals surface area contributed by atoms with Gasteiger partial charge in [-0.3, -0.25) is 4.90 Å². The van der Waals surface area contributed by atoms with Crippen molar-refractivity contribution in [2.75, 3.05) is 0 Å². The highest BCUT2D eigenvalue weighted by Gasteiger charge is 2.23. The molecule has 0 saturated heterocycles. The lowest BCUT2D eigenvalue weighted by Crippen LogP contribution is -2.45. The average Bonchev–Trinajstić information content (AvgIpc) is 2.90. The second-order valence-electron chi connectivity index (χ2n) is 3.93. The van der Waals surface area contributed by atoms with Crippen LogP contribution in [0.4, 0.5) is 0 Å². The predicted octanol–water partition coefficient (Wildman–Crippen LogP) is 0.936. The number of nitrogens with zero attached hydrogens (tertiary/aromatic N) is 1. The molecule has 0 aromatic heterocycles. The largest absolute Gasteiger partial charge is 0.415 e. The Bertz CT molecular complexity index is 525. The summed E-state index contributed by atoms with van der Waals surface area (Å²) in [5, 5.41) is 3.17. The lowest BCUT2D eigenvalue weighted by atomic mass is 9.71. The highest BCUT2D eigenvalue weighted by Crippen LogP contribution is 2.02. The first-order valence-electron chi connectivity index (χ1n) is 5.63. The van der Waals surface area contributed by atoms with Crippen molar-refractivity contribution in [2.45, 2.75) is 0 Å².